The van der Waals surface area contributed by atoms with Crippen molar-refractivity contribution in [3.8, 4) is 0 Å². The van der Waals surface area contributed by atoms with Crippen LogP contribution < -0.4 is 10.9 Å². The van der Waals surface area contributed by atoms with Crippen LogP contribution in [0.5, 0.6) is 0 Å². The van der Waals surface area contributed by atoms with E-state index in [1.807, 2.05) is 11.8 Å². The highest BCUT2D eigenvalue weighted by Gasteiger charge is 2.22. The minimum atomic E-state index is -0.242. The van der Waals surface area contributed by atoms with Crippen LogP contribution in [0, 0.1) is 0 Å². The lowest BCUT2D eigenvalue weighted by atomic mass is 9.95. The van der Waals surface area contributed by atoms with Crippen LogP contribution in [-0.4, -0.2) is 28.4 Å². The Morgan fingerprint density at radius 2 is 2.11 bits per heavy atom. The van der Waals surface area contributed by atoms with Gasteiger partial charge in [-0.2, -0.15) is 11.8 Å². The van der Waals surface area contributed by atoms with Crippen LogP contribution in [0.15, 0.2) is 23.1 Å². The van der Waals surface area contributed by atoms with Gasteiger partial charge in [-0.3, -0.25) is 9.59 Å². The van der Waals surface area contributed by atoms with Crippen LogP contribution >= 0.6 is 11.8 Å². The summed E-state index contributed by atoms with van der Waals surface area (Å²) in [5, 5.41) is 3.74. The molecule has 0 aromatic carbocycles. The molecule has 1 saturated carbocycles. The summed E-state index contributed by atoms with van der Waals surface area (Å²) in [4.78, 5) is 25.6. The number of nitrogens with one attached hydrogen (secondary N) is 2. The van der Waals surface area contributed by atoms with Gasteiger partial charge in [-0.05, 0) is 38.0 Å². The van der Waals surface area contributed by atoms with Gasteiger partial charge in [0, 0.05) is 29.1 Å². The molecule has 1 fully saturated rings. The number of amides is 1. The fourth-order valence-corrected chi connectivity index (χ4v) is 3.04. The van der Waals surface area contributed by atoms with Crippen molar-refractivity contribution in [3.63, 3.8) is 0 Å². The maximum Gasteiger partial charge on any atom is 0.251 e. The molecule has 0 spiro atoms. The minimum absolute atomic E-state index is 0.145. The molecule has 5 heteroatoms. The first-order valence-corrected chi connectivity index (χ1v) is 7.50. The summed E-state index contributed by atoms with van der Waals surface area (Å²) in [6, 6.07) is 3.22. The highest BCUT2D eigenvalue weighted by Crippen LogP contribution is 2.26. The van der Waals surface area contributed by atoms with Crippen LogP contribution in [0.1, 0.15) is 36.0 Å². The van der Waals surface area contributed by atoms with Gasteiger partial charge in [0.2, 0.25) is 5.56 Å². The van der Waals surface area contributed by atoms with Crippen molar-refractivity contribution in [2.45, 2.75) is 37.0 Å². The predicted molar refractivity (Wildman–Crippen MR) is 74.1 cm³/mol. The Hall–Kier alpha value is -1.23. The van der Waals surface area contributed by atoms with Gasteiger partial charge in [0.15, 0.2) is 0 Å². The summed E-state index contributed by atoms with van der Waals surface area (Å²) >= 11 is 1.91. The number of hydrogen-bond acceptors (Lipinski definition) is 3. The Morgan fingerprint density at radius 3 is 2.72 bits per heavy atom. The zero-order valence-corrected chi connectivity index (χ0v) is 11.3. The van der Waals surface area contributed by atoms with Gasteiger partial charge in [-0.25, -0.2) is 0 Å². The number of carbonyl (C=O) groups excluding carboxylic acids is 1. The first-order chi connectivity index (χ1) is 8.69. The monoisotopic (exact) mass is 266 g/mol. The van der Waals surface area contributed by atoms with Gasteiger partial charge < -0.3 is 10.3 Å². The zero-order valence-electron chi connectivity index (χ0n) is 10.4. The fraction of sp³-hybridized carbons (Fsp3) is 0.538. The molecule has 2 N–H and O–H groups in total. The summed E-state index contributed by atoms with van der Waals surface area (Å²) < 4.78 is 0. The maximum absolute atomic E-state index is 11.9. The van der Waals surface area contributed by atoms with Crippen LogP contribution in [0.4, 0.5) is 0 Å². The van der Waals surface area contributed by atoms with Crippen molar-refractivity contribution in [1.82, 2.24) is 10.3 Å². The highest BCUT2D eigenvalue weighted by atomic mass is 32.2. The number of rotatable bonds is 3. The molecule has 0 atom stereocenters. The number of pyridine rings is 1. The number of carbonyl (C=O) groups is 1. The summed E-state index contributed by atoms with van der Waals surface area (Å²) in [5.74, 6) is -0.145. The van der Waals surface area contributed by atoms with E-state index in [2.05, 4.69) is 16.6 Å². The second-order valence-corrected chi connectivity index (χ2v) is 5.76. The number of hydrogen-bond donors (Lipinski definition) is 2. The van der Waals surface area contributed by atoms with Crippen LogP contribution in [-0.2, 0) is 0 Å². The molecule has 18 heavy (non-hydrogen) atoms. The van der Waals surface area contributed by atoms with E-state index in [9.17, 15) is 9.59 Å². The van der Waals surface area contributed by atoms with E-state index in [0.29, 0.717) is 5.56 Å². The number of thioether (sulfide) groups is 1. The smallest absolute Gasteiger partial charge is 0.251 e. The SMILES string of the molecule is CSC1CCC(NC(=O)c2cc[nH]c(=O)c2)CC1. The molecule has 0 bridgehead atoms. The van der Waals surface area contributed by atoms with Crippen LogP contribution in [0.25, 0.3) is 0 Å². The van der Waals surface area contributed by atoms with E-state index in [4.69, 9.17) is 0 Å². The molecule has 0 aliphatic heterocycles. The van der Waals surface area contributed by atoms with E-state index in [0.717, 1.165) is 30.9 Å². The van der Waals surface area contributed by atoms with Crippen molar-refractivity contribution < 1.29 is 4.79 Å². The lowest BCUT2D eigenvalue weighted by molar-refractivity contribution is 0.0928. The molecular weight excluding hydrogens is 248 g/mol. The summed E-state index contributed by atoms with van der Waals surface area (Å²) in [6.07, 6.45) is 8.01. The molecule has 1 aliphatic carbocycles. The normalized spacial score (nSPS) is 23.6. The Balaban J connectivity index is 1.90. The Bertz CT molecular complexity index is 464. The number of H-pyrrole nitrogens is 1. The number of aromatic nitrogens is 1. The van der Waals surface area contributed by atoms with Gasteiger partial charge in [0.25, 0.3) is 5.91 Å². The molecule has 98 valence electrons. The second kappa shape index (κ2) is 6.09. The molecule has 0 saturated heterocycles. The molecule has 1 heterocycles. The summed E-state index contributed by atoms with van der Waals surface area (Å²) in [7, 11) is 0. The zero-order chi connectivity index (χ0) is 13.0. The molecule has 0 radical (unpaired) electrons. The average Bonchev–Trinajstić information content (AvgIpc) is 2.39. The third kappa shape index (κ3) is 3.38. The second-order valence-electron chi connectivity index (χ2n) is 4.62. The van der Waals surface area contributed by atoms with E-state index in [1.54, 1.807) is 6.07 Å². The van der Waals surface area contributed by atoms with Gasteiger partial charge >= 0.3 is 0 Å². The van der Waals surface area contributed by atoms with Crippen molar-refractivity contribution in [2.24, 2.45) is 0 Å². The van der Waals surface area contributed by atoms with Gasteiger partial charge in [-0.1, -0.05) is 0 Å². The first kappa shape index (κ1) is 13.2. The molecule has 1 aromatic heterocycles. The van der Waals surface area contributed by atoms with Gasteiger partial charge in [0.05, 0.1) is 0 Å². The molecule has 4 nitrogen and oxygen atoms in total. The van der Waals surface area contributed by atoms with Crippen molar-refractivity contribution >= 4 is 17.7 Å². The molecule has 1 aromatic rings. The fourth-order valence-electron chi connectivity index (χ4n) is 2.30. The molecule has 0 unspecified atom stereocenters. The third-order valence-electron chi connectivity index (χ3n) is 3.38. The standard InChI is InChI=1S/C13H18N2O2S/c1-18-11-4-2-10(3-5-11)15-13(17)9-6-7-14-12(16)8-9/h6-8,10-11H,2-5H2,1H3,(H,14,16)(H,15,17). The van der Waals surface area contributed by atoms with Crippen LogP contribution in [0.2, 0.25) is 0 Å². The Morgan fingerprint density at radius 1 is 1.39 bits per heavy atom. The lowest BCUT2D eigenvalue weighted by Crippen LogP contribution is -2.38. The van der Waals surface area contributed by atoms with Crippen molar-refractivity contribution in [3.05, 3.63) is 34.2 Å². The van der Waals surface area contributed by atoms with E-state index >= 15 is 0 Å². The van der Waals surface area contributed by atoms with E-state index in [1.165, 1.54) is 12.3 Å². The summed E-state index contributed by atoms with van der Waals surface area (Å²) in [6.45, 7) is 0. The predicted octanol–water partition coefficient (Wildman–Crippen LogP) is 1.78. The first-order valence-electron chi connectivity index (χ1n) is 6.21. The third-order valence-corrected chi connectivity index (χ3v) is 4.52. The van der Waals surface area contributed by atoms with Crippen LogP contribution in [0.3, 0.4) is 0 Å². The molecule has 1 amide bonds. The lowest BCUT2D eigenvalue weighted by Gasteiger charge is -2.28. The largest absolute Gasteiger partial charge is 0.349 e. The van der Waals surface area contributed by atoms with Crippen molar-refractivity contribution in [1.29, 1.82) is 0 Å². The summed E-state index contributed by atoms with van der Waals surface area (Å²) in [5.41, 5.74) is 0.194. The highest BCUT2D eigenvalue weighted by molar-refractivity contribution is 7.99. The minimum Gasteiger partial charge on any atom is -0.349 e. The Kier molecular flexibility index (Phi) is 4.47. The average molecular weight is 266 g/mol. The van der Waals surface area contributed by atoms with E-state index < -0.39 is 0 Å². The molecule has 1 aliphatic rings. The van der Waals surface area contributed by atoms with E-state index in [-0.39, 0.29) is 17.5 Å². The topological polar surface area (TPSA) is 62.0 Å². The van der Waals surface area contributed by atoms with Gasteiger partial charge in [0.1, 0.15) is 0 Å². The Labute approximate surface area is 111 Å². The molecule has 2 rings (SSSR count). The quantitative estimate of drug-likeness (QED) is 0.876. The van der Waals surface area contributed by atoms with Crippen molar-refractivity contribution in [2.75, 3.05) is 6.26 Å². The van der Waals surface area contributed by atoms with Gasteiger partial charge in [-0.15, -0.1) is 0 Å². The molecular formula is C13H18N2O2S. The number of aromatic amines is 1. The maximum atomic E-state index is 11.9.